The van der Waals surface area contributed by atoms with Crippen molar-refractivity contribution in [2.24, 2.45) is 0 Å². The molecule has 0 radical (unpaired) electrons. The van der Waals surface area contributed by atoms with Crippen molar-refractivity contribution in [1.82, 2.24) is 14.5 Å². The van der Waals surface area contributed by atoms with Gasteiger partial charge in [0.1, 0.15) is 6.29 Å². The number of nitrogens with zero attached hydrogens (tertiary/aromatic N) is 3. The number of imidazole rings is 1. The molecule has 2 heterocycles. The van der Waals surface area contributed by atoms with Crippen LogP contribution in [0.2, 0.25) is 0 Å². The van der Waals surface area contributed by atoms with Crippen LogP contribution in [-0.4, -0.2) is 58.5 Å². The van der Waals surface area contributed by atoms with Gasteiger partial charge in [0.05, 0.1) is 16.6 Å². The highest BCUT2D eigenvalue weighted by Crippen LogP contribution is 2.32. The third kappa shape index (κ3) is 6.70. The first-order valence-corrected chi connectivity index (χ1v) is 11.9. The number of hydrogen-bond acceptors (Lipinski definition) is 5. The van der Waals surface area contributed by atoms with Crippen LogP contribution in [0.5, 0.6) is 0 Å². The van der Waals surface area contributed by atoms with E-state index in [0.717, 1.165) is 49.9 Å². The van der Waals surface area contributed by atoms with E-state index in [1.807, 2.05) is 12.1 Å². The van der Waals surface area contributed by atoms with Crippen LogP contribution in [0, 0.1) is 0 Å². The Morgan fingerprint density at radius 2 is 1.89 bits per heavy atom. The first kappa shape index (κ1) is 27.3. The van der Waals surface area contributed by atoms with Gasteiger partial charge in [-0.25, -0.2) is 4.98 Å². The van der Waals surface area contributed by atoms with Gasteiger partial charge in [-0.1, -0.05) is 12.1 Å². The lowest BCUT2D eigenvalue weighted by molar-refractivity contribution is -0.137. The summed E-state index contributed by atoms with van der Waals surface area (Å²) < 4.78 is 40.9. The number of piperidine rings is 1. The minimum absolute atomic E-state index is 0.0334. The summed E-state index contributed by atoms with van der Waals surface area (Å²) in [6, 6.07) is 10.4. The Balaban J connectivity index is 0.00000115. The van der Waals surface area contributed by atoms with E-state index >= 15 is 0 Å². The van der Waals surface area contributed by atoms with E-state index in [2.05, 4.69) is 28.3 Å². The number of aliphatic hydroxyl groups is 1. The van der Waals surface area contributed by atoms with E-state index < -0.39 is 17.6 Å². The second-order valence-electron chi connectivity index (χ2n) is 8.76. The van der Waals surface area contributed by atoms with E-state index in [0.29, 0.717) is 24.4 Å². The summed E-state index contributed by atoms with van der Waals surface area (Å²) in [4.78, 5) is 28.5. The number of benzene rings is 2. The van der Waals surface area contributed by atoms with Gasteiger partial charge >= 0.3 is 6.18 Å². The molecular weight excluding hydrogens is 473 g/mol. The van der Waals surface area contributed by atoms with Crippen LogP contribution in [0.25, 0.3) is 11.0 Å². The molecule has 0 unspecified atom stereocenters. The molecule has 1 aliphatic rings. The third-order valence-corrected chi connectivity index (χ3v) is 6.18. The molecule has 2 N–H and O–H groups in total. The van der Waals surface area contributed by atoms with Gasteiger partial charge in [0.2, 0.25) is 5.95 Å². The van der Waals surface area contributed by atoms with Gasteiger partial charge < -0.3 is 19.4 Å². The number of likely N-dealkylation sites (tertiary alicyclic amines) is 1. The lowest BCUT2D eigenvalue weighted by atomic mass is 9.89. The van der Waals surface area contributed by atoms with Gasteiger partial charge in [0.25, 0.3) is 5.91 Å². The molecule has 1 saturated heterocycles. The summed E-state index contributed by atoms with van der Waals surface area (Å²) in [5.74, 6) is 0.0231. The van der Waals surface area contributed by atoms with Crippen molar-refractivity contribution in [1.29, 1.82) is 0 Å². The summed E-state index contributed by atoms with van der Waals surface area (Å²) >= 11 is 0. The summed E-state index contributed by atoms with van der Waals surface area (Å²) in [6.45, 7) is 3.89. The van der Waals surface area contributed by atoms with Crippen LogP contribution in [0.1, 0.15) is 53.6 Å². The van der Waals surface area contributed by atoms with Gasteiger partial charge in [-0.3, -0.25) is 10.1 Å². The van der Waals surface area contributed by atoms with Crippen molar-refractivity contribution in [3.05, 3.63) is 59.2 Å². The maximum Gasteiger partial charge on any atom is 0.416 e. The number of anilines is 1. The maximum absolute atomic E-state index is 13.0. The minimum atomic E-state index is -4.53. The minimum Gasteiger partial charge on any atom is -0.396 e. The summed E-state index contributed by atoms with van der Waals surface area (Å²) in [5, 5.41) is 12.0. The molecule has 0 saturated carbocycles. The maximum atomic E-state index is 13.0. The molecule has 1 aromatic heterocycles. The van der Waals surface area contributed by atoms with Crippen LogP contribution < -0.4 is 5.32 Å². The second-order valence-corrected chi connectivity index (χ2v) is 8.76. The summed E-state index contributed by atoms with van der Waals surface area (Å²) in [5.41, 5.74) is 1.73. The van der Waals surface area contributed by atoms with Crippen LogP contribution in [0.15, 0.2) is 42.5 Å². The Bertz CT molecular complexity index is 1180. The number of amides is 1. The highest BCUT2D eigenvalue weighted by Gasteiger charge is 2.31. The molecule has 2 aromatic carbocycles. The standard InChI is InChI=1S/C24H27F3N4O2.C2H4O/c1-30-11-8-16(9-12-30)17-6-7-21-20(15-17)28-23(31(21)10-3-13-32)29-22(33)18-4-2-5-19(14-18)24(25,26)27;1-2-3/h2,4-7,14-16,32H,3,8-13H2,1H3,(H,28,29,33);2H,1H3. The zero-order valence-electron chi connectivity index (χ0n) is 20.4. The van der Waals surface area contributed by atoms with Crippen molar-refractivity contribution < 1.29 is 27.9 Å². The molecule has 4 rings (SSSR count). The highest BCUT2D eigenvalue weighted by molar-refractivity contribution is 6.04. The predicted octanol–water partition coefficient (Wildman–Crippen LogP) is 4.70. The number of hydrogen-bond donors (Lipinski definition) is 2. The van der Waals surface area contributed by atoms with Gasteiger partial charge in [0, 0.05) is 18.7 Å². The molecule has 1 fully saturated rings. The van der Waals surface area contributed by atoms with E-state index in [1.165, 1.54) is 24.6 Å². The predicted molar refractivity (Wildman–Crippen MR) is 132 cm³/mol. The lowest BCUT2D eigenvalue weighted by Gasteiger charge is -2.29. The van der Waals surface area contributed by atoms with Crippen molar-refractivity contribution in [2.45, 2.75) is 44.8 Å². The van der Waals surface area contributed by atoms with Crippen molar-refractivity contribution in [3.63, 3.8) is 0 Å². The number of alkyl halides is 3. The quantitative estimate of drug-likeness (QED) is 0.475. The number of halogens is 3. The number of aldehydes is 1. The van der Waals surface area contributed by atoms with Crippen molar-refractivity contribution in [3.8, 4) is 0 Å². The Kier molecular flexibility index (Phi) is 9.22. The number of carbonyl (C=O) groups is 2. The lowest BCUT2D eigenvalue weighted by Crippen LogP contribution is -2.29. The van der Waals surface area contributed by atoms with Gasteiger partial charge in [0.15, 0.2) is 0 Å². The first-order valence-electron chi connectivity index (χ1n) is 11.9. The number of aromatic nitrogens is 2. The molecule has 1 aliphatic heterocycles. The molecule has 0 bridgehead atoms. The Labute approximate surface area is 207 Å². The third-order valence-electron chi connectivity index (χ3n) is 6.18. The number of fused-ring (bicyclic) bond motifs is 1. The monoisotopic (exact) mass is 504 g/mol. The Hall–Kier alpha value is -3.24. The molecule has 0 aliphatic carbocycles. The average molecular weight is 505 g/mol. The number of aliphatic hydroxyl groups excluding tert-OH is 1. The fraction of sp³-hybridized carbons (Fsp3) is 0.423. The van der Waals surface area contributed by atoms with Crippen LogP contribution >= 0.6 is 0 Å². The van der Waals surface area contributed by atoms with E-state index in [4.69, 9.17) is 4.79 Å². The second kappa shape index (κ2) is 12.1. The zero-order chi connectivity index (χ0) is 26.3. The van der Waals surface area contributed by atoms with Crippen LogP contribution in [0.4, 0.5) is 19.1 Å². The smallest absolute Gasteiger partial charge is 0.396 e. The topological polar surface area (TPSA) is 87.5 Å². The number of rotatable bonds is 6. The molecular formula is C26H31F3N4O3. The molecule has 3 aromatic rings. The van der Waals surface area contributed by atoms with E-state index in [9.17, 15) is 23.1 Å². The highest BCUT2D eigenvalue weighted by atomic mass is 19.4. The number of aryl methyl sites for hydroxylation is 1. The normalized spacial score (nSPS) is 14.8. The van der Waals surface area contributed by atoms with Gasteiger partial charge in [-0.05, 0) is 88.1 Å². The van der Waals surface area contributed by atoms with Crippen LogP contribution in [-0.2, 0) is 17.5 Å². The van der Waals surface area contributed by atoms with E-state index in [-0.39, 0.29) is 18.1 Å². The van der Waals surface area contributed by atoms with E-state index in [1.54, 1.807) is 4.57 Å². The molecule has 7 nitrogen and oxygen atoms in total. The number of nitrogens with one attached hydrogen (secondary N) is 1. The fourth-order valence-electron chi connectivity index (χ4n) is 4.30. The zero-order valence-corrected chi connectivity index (χ0v) is 20.4. The molecule has 0 atom stereocenters. The first-order chi connectivity index (χ1) is 17.2. The largest absolute Gasteiger partial charge is 0.416 e. The number of carbonyl (C=O) groups excluding carboxylic acids is 2. The summed E-state index contributed by atoms with van der Waals surface area (Å²) in [7, 11) is 2.11. The molecule has 0 spiro atoms. The fourth-order valence-corrected chi connectivity index (χ4v) is 4.30. The summed E-state index contributed by atoms with van der Waals surface area (Å²) in [6.07, 6.45) is -1.21. The van der Waals surface area contributed by atoms with Crippen molar-refractivity contribution in [2.75, 3.05) is 32.1 Å². The van der Waals surface area contributed by atoms with Crippen molar-refractivity contribution >= 4 is 29.2 Å². The van der Waals surface area contributed by atoms with Gasteiger partial charge in [-0.2, -0.15) is 13.2 Å². The SMILES string of the molecule is CC=O.CN1CCC(c2ccc3c(c2)nc(NC(=O)c2cccc(C(F)(F)F)c2)n3CCCO)CC1. The van der Waals surface area contributed by atoms with Gasteiger partial charge in [-0.15, -0.1) is 0 Å². The molecule has 1 amide bonds. The Morgan fingerprint density at radius 1 is 1.19 bits per heavy atom. The molecule has 36 heavy (non-hydrogen) atoms. The molecule has 10 heteroatoms. The average Bonchev–Trinajstić information content (AvgIpc) is 3.19. The Morgan fingerprint density at radius 3 is 2.53 bits per heavy atom. The van der Waals surface area contributed by atoms with Crippen LogP contribution in [0.3, 0.4) is 0 Å². The molecule has 194 valence electrons.